The van der Waals surface area contributed by atoms with Crippen LogP contribution in [0.1, 0.15) is 34.5 Å². The van der Waals surface area contributed by atoms with Gasteiger partial charge in [-0.1, -0.05) is 59.6 Å². The number of benzene rings is 3. The summed E-state index contributed by atoms with van der Waals surface area (Å²) < 4.78 is 5.76. The van der Waals surface area contributed by atoms with Crippen LogP contribution in [-0.4, -0.2) is 38.1 Å². The van der Waals surface area contributed by atoms with E-state index in [0.29, 0.717) is 54.0 Å². The number of nitrogens with two attached hydrogens (primary N) is 1. The number of rotatable bonds is 9. The molecular formula is C32H31Cl2N3O3S. The van der Waals surface area contributed by atoms with Gasteiger partial charge in [-0.2, -0.15) is 0 Å². The highest BCUT2D eigenvalue weighted by atomic mass is 35.5. The van der Waals surface area contributed by atoms with Gasteiger partial charge in [-0.15, -0.1) is 11.3 Å². The molecule has 0 spiro atoms. The molecule has 0 atom stereocenters. The summed E-state index contributed by atoms with van der Waals surface area (Å²) in [5, 5.41) is 7.05. The van der Waals surface area contributed by atoms with Crippen molar-refractivity contribution in [1.82, 2.24) is 10.6 Å². The Hall–Kier alpha value is -3.20. The van der Waals surface area contributed by atoms with E-state index in [4.69, 9.17) is 33.7 Å². The number of nitrogens with one attached hydrogen (secondary N) is 2. The molecule has 0 bridgehead atoms. The summed E-state index contributed by atoms with van der Waals surface area (Å²) in [5.41, 5.74) is 8.14. The summed E-state index contributed by atoms with van der Waals surface area (Å²) in [6, 6.07) is 24.5. The molecule has 2 heterocycles. The molecule has 212 valence electrons. The van der Waals surface area contributed by atoms with Gasteiger partial charge in [0.25, 0.3) is 5.91 Å². The van der Waals surface area contributed by atoms with Crippen molar-refractivity contribution in [1.29, 1.82) is 0 Å². The first-order valence-corrected chi connectivity index (χ1v) is 15.1. The summed E-state index contributed by atoms with van der Waals surface area (Å²) in [6.07, 6.45) is 1.99. The summed E-state index contributed by atoms with van der Waals surface area (Å²) in [6.45, 7) is 2.50. The molecule has 0 saturated carbocycles. The number of imide groups is 1. The molecule has 41 heavy (non-hydrogen) atoms. The van der Waals surface area contributed by atoms with Gasteiger partial charge in [0.1, 0.15) is 5.75 Å². The molecule has 4 N–H and O–H groups in total. The number of ether oxygens (including phenoxy) is 1. The minimum atomic E-state index is -0.774. The molecule has 2 amide bonds. The Morgan fingerprint density at radius 2 is 1.68 bits per heavy atom. The van der Waals surface area contributed by atoms with Gasteiger partial charge in [0.2, 0.25) is 5.91 Å². The van der Waals surface area contributed by atoms with Crippen molar-refractivity contribution in [2.45, 2.75) is 24.7 Å². The SMILES string of the molecule is NCCCOc1ccc(-c2sc(C(=O)NC(=O)C3(c4ccccc4)CCNCC3)cc2-c2ccc(Cl)cc2Cl)cc1. The van der Waals surface area contributed by atoms with Crippen LogP contribution in [0.15, 0.2) is 78.9 Å². The fourth-order valence-corrected chi connectivity index (χ4v) is 6.73. The number of halogens is 2. The monoisotopic (exact) mass is 607 g/mol. The lowest BCUT2D eigenvalue weighted by Gasteiger charge is -2.36. The molecule has 1 fully saturated rings. The third-order valence-electron chi connectivity index (χ3n) is 7.36. The molecule has 0 radical (unpaired) electrons. The van der Waals surface area contributed by atoms with Gasteiger partial charge in [-0.05, 0) is 92.5 Å². The predicted molar refractivity (Wildman–Crippen MR) is 167 cm³/mol. The van der Waals surface area contributed by atoms with Gasteiger partial charge < -0.3 is 15.8 Å². The zero-order valence-corrected chi connectivity index (χ0v) is 24.7. The molecule has 1 saturated heterocycles. The van der Waals surface area contributed by atoms with Crippen LogP contribution in [-0.2, 0) is 10.2 Å². The van der Waals surface area contributed by atoms with Crippen LogP contribution < -0.4 is 21.1 Å². The third-order valence-corrected chi connectivity index (χ3v) is 9.09. The molecule has 1 aliphatic rings. The Labute approximate surface area is 253 Å². The summed E-state index contributed by atoms with van der Waals surface area (Å²) >= 11 is 14.1. The first-order valence-electron chi connectivity index (χ1n) is 13.6. The molecule has 0 unspecified atom stereocenters. The Balaban J connectivity index is 1.47. The highest BCUT2D eigenvalue weighted by Crippen LogP contribution is 2.43. The minimum Gasteiger partial charge on any atom is -0.494 e. The highest BCUT2D eigenvalue weighted by molar-refractivity contribution is 7.18. The maximum Gasteiger partial charge on any atom is 0.267 e. The van der Waals surface area contributed by atoms with Crippen LogP contribution in [0.4, 0.5) is 0 Å². The number of hydrogen-bond acceptors (Lipinski definition) is 6. The van der Waals surface area contributed by atoms with Crippen molar-refractivity contribution in [3.63, 3.8) is 0 Å². The van der Waals surface area contributed by atoms with Crippen LogP contribution in [0.25, 0.3) is 21.6 Å². The van der Waals surface area contributed by atoms with Gasteiger partial charge in [-0.25, -0.2) is 0 Å². The van der Waals surface area contributed by atoms with Crippen molar-refractivity contribution in [2.75, 3.05) is 26.2 Å². The lowest BCUT2D eigenvalue weighted by atomic mass is 9.72. The number of carbonyl (C=O) groups is 2. The van der Waals surface area contributed by atoms with E-state index in [2.05, 4.69) is 10.6 Å². The maximum atomic E-state index is 13.8. The van der Waals surface area contributed by atoms with E-state index in [1.165, 1.54) is 11.3 Å². The van der Waals surface area contributed by atoms with E-state index in [9.17, 15) is 9.59 Å². The van der Waals surface area contributed by atoms with E-state index in [1.807, 2.05) is 60.7 Å². The fraction of sp³-hybridized carbons (Fsp3) is 0.250. The topological polar surface area (TPSA) is 93.4 Å². The smallest absolute Gasteiger partial charge is 0.267 e. The lowest BCUT2D eigenvalue weighted by molar-refractivity contribution is -0.126. The quantitative estimate of drug-likeness (QED) is 0.145. The van der Waals surface area contributed by atoms with Gasteiger partial charge in [0.15, 0.2) is 0 Å². The lowest BCUT2D eigenvalue weighted by Crippen LogP contribution is -2.52. The average Bonchev–Trinajstić information content (AvgIpc) is 3.44. The minimum absolute atomic E-state index is 0.282. The van der Waals surface area contributed by atoms with E-state index in [0.717, 1.165) is 39.3 Å². The second kappa shape index (κ2) is 13.2. The Bertz CT molecular complexity index is 1520. The van der Waals surface area contributed by atoms with E-state index in [-0.39, 0.29) is 5.91 Å². The van der Waals surface area contributed by atoms with Crippen LogP contribution in [0, 0.1) is 0 Å². The molecule has 1 aliphatic heterocycles. The van der Waals surface area contributed by atoms with Crippen LogP contribution in [0.5, 0.6) is 5.75 Å². The molecule has 4 aromatic rings. The second-order valence-corrected chi connectivity index (χ2v) is 11.9. The van der Waals surface area contributed by atoms with Crippen molar-refractivity contribution < 1.29 is 14.3 Å². The Kier molecular flexibility index (Phi) is 9.42. The standard InChI is InChI=1S/C32H31Cl2N3O3S/c33-23-9-12-25(27(34)19-23)26-20-28(41-29(26)21-7-10-24(11-8-21)40-18-4-15-35)30(38)37-31(39)32(13-16-36-17-14-32)22-5-2-1-3-6-22/h1-3,5-12,19-20,36H,4,13-18,35H2,(H,37,38,39). The van der Waals surface area contributed by atoms with Crippen molar-refractivity contribution in [2.24, 2.45) is 5.73 Å². The van der Waals surface area contributed by atoms with Gasteiger partial charge >= 0.3 is 0 Å². The molecule has 5 rings (SSSR count). The predicted octanol–water partition coefficient (Wildman–Crippen LogP) is 6.69. The first-order chi connectivity index (χ1) is 19.9. The molecule has 0 aliphatic carbocycles. The number of amides is 2. The van der Waals surface area contributed by atoms with Crippen molar-refractivity contribution >= 4 is 46.4 Å². The van der Waals surface area contributed by atoms with Crippen molar-refractivity contribution in [3.05, 3.63) is 99.3 Å². The first kappa shape index (κ1) is 29.3. The maximum absolute atomic E-state index is 13.8. The zero-order valence-electron chi connectivity index (χ0n) is 22.4. The van der Waals surface area contributed by atoms with Gasteiger partial charge in [0, 0.05) is 26.0 Å². The Morgan fingerprint density at radius 1 is 0.951 bits per heavy atom. The summed E-state index contributed by atoms with van der Waals surface area (Å²) in [4.78, 5) is 28.6. The number of carbonyl (C=O) groups excluding carboxylic acids is 2. The van der Waals surface area contributed by atoms with Gasteiger partial charge in [0.05, 0.1) is 16.9 Å². The molecular weight excluding hydrogens is 577 g/mol. The van der Waals surface area contributed by atoms with Gasteiger partial charge in [-0.3, -0.25) is 14.9 Å². The molecule has 6 nitrogen and oxygen atoms in total. The molecule has 9 heteroatoms. The molecule has 1 aromatic heterocycles. The second-order valence-electron chi connectivity index (χ2n) is 9.97. The van der Waals surface area contributed by atoms with E-state index in [1.54, 1.807) is 18.2 Å². The number of piperidine rings is 1. The van der Waals surface area contributed by atoms with Crippen molar-refractivity contribution in [3.8, 4) is 27.3 Å². The summed E-state index contributed by atoms with van der Waals surface area (Å²) in [5.74, 6) is 0.0185. The fourth-order valence-electron chi connectivity index (χ4n) is 5.14. The highest BCUT2D eigenvalue weighted by Gasteiger charge is 2.42. The van der Waals surface area contributed by atoms with E-state index < -0.39 is 11.3 Å². The zero-order chi connectivity index (χ0) is 28.8. The van der Waals surface area contributed by atoms with Crippen LogP contribution >= 0.6 is 34.5 Å². The van der Waals surface area contributed by atoms with E-state index >= 15 is 0 Å². The summed E-state index contributed by atoms with van der Waals surface area (Å²) in [7, 11) is 0. The number of thiophene rings is 1. The third kappa shape index (κ3) is 6.50. The van der Waals surface area contributed by atoms with Crippen LogP contribution in [0.3, 0.4) is 0 Å². The van der Waals surface area contributed by atoms with Crippen LogP contribution in [0.2, 0.25) is 10.0 Å². The number of hydrogen-bond donors (Lipinski definition) is 3. The molecule has 3 aromatic carbocycles. The average molecular weight is 609 g/mol. The largest absolute Gasteiger partial charge is 0.494 e. The normalized spacial score (nSPS) is 14.4. The Morgan fingerprint density at radius 3 is 2.37 bits per heavy atom.